The van der Waals surface area contributed by atoms with Gasteiger partial charge in [0.25, 0.3) is 0 Å². The van der Waals surface area contributed by atoms with E-state index in [1.54, 1.807) is 24.7 Å². The lowest BCUT2D eigenvalue weighted by molar-refractivity contribution is -0.191. The summed E-state index contributed by atoms with van der Waals surface area (Å²) in [5.41, 5.74) is 7.65. The Hall–Kier alpha value is -4.93. The molecular formula is C36H32ClN3O5. The number of halogens is 1. The summed E-state index contributed by atoms with van der Waals surface area (Å²) in [6.45, 7) is 6.81. The monoisotopic (exact) mass is 621 g/mol. The molecule has 5 aromatic rings. The van der Waals surface area contributed by atoms with Crippen molar-refractivity contribution in [3.63, 3.8) is 0 Å². The molecule has 0 spiro atoms. The molecule has 228 valence electrons. The third kappa shape index (κ3) is 7.60. The van der Waals surface area contributed by atoms with Gasteiger partial charge in [-0.2, -0.15) is 14.9 Å². The van der Waals surface area contributed by atoms with Crippen LogP contribution in [-0.2, 0) is 29.3 Å². The van der Waals surface area contributed by atoms with Crippen LogP contribution in [0.3, 0.4) is 0 Å². The number of nitrogens with zero attached hydrogens (tertiary/aromatic N) is 3. The summed E-state index contributed by atoms with van der Waals surface area (Å²) < 4.78 is 18.3. The number of furan rings is 1. The van der Waals surface area contributed by atoms with E-state index in [0.717, 1.165) is 57.4 Å². The van der Waals surface area contributed by atoms with Crippen molar-refractivity contribution in [1.29, 1.82) is 5.26 Å². The maximum atomic E-state index is 9.26. The van der Waals surface area contributed by atoms with Gasteiger partial charge in [0.05, 0.1) is 16.8 Å². The first-order chi connectivity index (χ1) is 21.9. The van der Waals surface area contributed by atoms with Crippen molar-refractivity contribution < 1.29 is 23.5 Å². The summed E-state index contributed by atoms with van der Waals surface area (Å²) in [5.74, 6) is 1.28. The fourth-order valence-electron chi connectivity index (χ4n) is 5.61. The van der Waals surface area contributed by atoms with Crippen LogP contribution in [0.5, 0.6) is 11.5 Å². The second kappa shape index (κ2) is 14.7. The standard InChI is InChI=1S/C35H32ClN3O3.CO2/c1-23-5-4-11-39(23)20-30-14-32(36)35(16-34(30)41-21-26-13-25(17-37)18-38-19-26)42-22-29-6-3-7-31(24(29)2)28-9-8-27-10-12-40-33(27)15-28;2-1-3/h3,6-10,12-16,18-19,23H,4-5,11,20-22H2,1-2H3;/t23-;/m0./s1. The number of rotatable bonds is 9. The Kier molecular flexibility index (Phi) is 10.3. The Balaban J connectivity index is 0.00000128. The minimum Gasteiger partial charge on any atom is -0.488 e. The fourth-order valence-corrected chi connectivity index (χ4v) is 5.85. The minimum absolute atomic E-state index is 0.250. The molecule has 3 aromatic carbocycles. The lowest BCUT2D eigenvalue weighted by atomic mass is 9.96. The van der Waals surface area contributed by atoms with Crippen molar-refractivity contribution in [2.75, 3.05) is 6.54 Å². The van der Waals surface area contributed by atoms with E-state index in [1.807, 2.05) is 24.3 Å². The molecule has 9 heteroatoms. The van der Waals surface area contributed by atoms with Gasteiger partial charge in [0.15, 0.2) is 0 Å². The van der Waals surface area contributed by atoms with Crippen LogP contribution in [0.2, 0.25) is 5.02 Å². The minimum atomic E-state index is 0.250. The molecule has 6 rings (SSSR count). The molecule has 0 radical (unpaired) electrons. The molecule has 0 aliphatic carbocycles. The van der Waals surface area contributed by atoms with Crippen LogP contribution in [-0.4, -0.2) is 28.6 Å². The first-order valence-corrected chi connectivity index (χ1v) is 15.0. The van der Waals surface area contributed by atoms with Gasteiger partial charge in [0.1, 0.15) is 36.4 Å². The number of carbonyl (C=O) groups excluding carboxylic acids is 2. The molecule has 0 bridgehead atoms. The molecule has 1 saturated heterocycles. The van der Waals surface area contributed by atoms with Crippen LogP contribution >= 0.6 is 11.6 Å². The molecule has 1 atom stereocenters. The number of aromatic nitrogens is 1. The number of nitriles is 1. The zero-order valence-corrected chi connectivity index (χ0v) is 25.8. The Morgan fingerprint density at radius 1 is 1.02 bits per heavy atom. The molecule has 1 fully saturated rings. The molecule has 2 aromatic heterocycles. The average molecular weight is 622 g/mol. The highest BCUT2D eigenvalue weighted by Gasteiger charge is 2.23. The number of fused-ring (bicyclic) bond motifs is 1. The van der Waals surface area contributed by atoms with Gasteiger partial charge >= 0.3 is 6.15 Å². The SMILES string of the molecule is Cc1c(COc2cc(OCc3cncc(C#N)c3)c(CN3CCC[C@@H]3C)cc2Cl)cccc1-c1ccc2ccoc2c1.O=C=O. The van der Waals surface area contributed by atoms with Gasteiger partial charge in [0.2, 0.25) is 0 Å². The van der Waals surface area contributed by atoms with Crippen molar-refractivity contribution in [1.82, 2.24) is 9.88 Å². The highest BCUT2D eigenvalue weighted by atomic mass is 35.5. The molecule has 8 nitrogen and oxygen atoms in total. The molecule has 1 aliphatic rings. The van der Waals surface area contributed by atoms with Gasteiger partial charge in [-0.3, -0.25) is 9.88 Å². The van der Waals surface area contributed by atoms with Gasteiger partial charge in [-0.15, -0.1) is 0 Å². The Bertz CT molecular complexity index is 1870. The van der Waals surface area contributed by atoms with E-state index in [9.17, 15) is 5.26 Å². The summed E-state index contributed by atoms with van der Waals surface area (Å²) >= 11 is 6.80. The molecule has 1 aliphatic heterocycles. The predicted molar refractivity (Wildman–Crippen MR) is 170 cm³/mol. The number of ether oxygens (including phenoxy) is 2. The second-order valence-corrected chi connectivity index (χ2v) is 11.4. The largest absolute Gasteiger partial charge is 0.488 e. The molecule has 45 heavy (non-hydrogen) atoms. The van der Waals surface area contributed by atoms with Crippen LogP contribution in [0.25, 0.3) is 22.1 Å². The summed E-state index contributed by atoms with van der Waals surface area (Å²) in [6, 6.07) is 22.8. The normalized spacial score (nSPS) is 14.3. The van der Waals surface area contributed by atoms with Crippen LogP contribution < -0.4 is 9.47 Å². The summed E-state index contributed by atoms with van der Waals surface area (Å²) in [5, 5.41) is 10.9. The maximum absolute atomic E-state index is 9.26. The average Bonchev–Trinajstić information content (AvgIpc) is 3.69. The van der Waals surface area contributed by atoms with Gasteiger partial charge in [-0.25, -0.2) is 0 Å². The third-order valence-electron chi connectivity index (χ3n) is 8.09. The van der Waals surface area contributed by atoms with E-state index in [4.69, 9.17) is 35.1 Å². The fraction of sp³-hybridized carbons (Fsp3) is 0.250. The number of hydrogen-bond donors (Lipinski definition) is 0. The topological polar surface area (TPSA) is 106 Å². The van der Waals surface area contributed by atoms with E-state index >= 15 is 0 Å². The lowest BCUT2D eigenvalue weighted by Crippen LogP contribution is -2.26. The van der Waals surface area contributed by atoms with Gasteiger partial charge in [0, 0.05) is 47.6 Å². The first kappa shape index (κ1) is 31.5. The number of hydrogen-bond acceptors (Lipinski definition) is 8. The lowest BCUT2D eigenvalue weighted by Gasteiger charge is -2.23. The van der Waals surface area contributed by atoms with Crippen LogP contribution in [0.4, 0.5) is 0 Å². The zero-order valence-electron chi connectivity index (χ0n) is 25.1. The predicted octanol–water partition coefficient (Wildman–Crippen LogP) is 7.89. The molecule has 0 unspecified atom stereocenters. The van der Waals surface area contributed by atoms with Gasteiger partial charge < -0.3 is 13.9 Å². The molecule has 0 saturated carbocycles. The Labute approximate surface area is 266 Å². The molecular weight excluding hydrogens is 590 g/mol. The van der Waals surface area contributed by atoms with E-state index < -0.39 is 0 Å². The summed E-state index contributed by atoms with van der Waals surface area (Å²) in [6.07, 6.45) is 7.60. The second-order valence-electron chi connectivity index (χ2n) is 11.0. The Morgan fingerprint density at radius 2 is 1.84 bits per heavy atom. The van der Waals surface area contributed by atoms with Crippen LogP contribution in [0.15, 0.2) is 83.7 Å². The highest BCUT2D eigenvalue weighted by Crippen LogP contribution is 2.36. The van der Waals surface area contributed by atoms with Crippen LogP contribution in [0, 0.1) is 18.3 Å². The first-order valence-electron chi connectivity index (χ1n) is 14.6. The smallest absolute Gasteiger partial charge is 0.373 e. The van der Waals surface area contributed by atoms with E-state index in [-0.39, 0.29) is 12.8 Å². The van der Waals surface area contributed by atoms with Crippen molar-refractivity contribution in [3.05, 3.63) is 112 Å². The molecule has 0 N–H and O–H groups in total. The number of pyridine rings is 1. The van der Waals surface area contributed by atoms with E-state index in [1.165, 1.54) is 12.8 Å². The van der Waals surface area contributed by atoms with Crippen LogP contribution in [0.1, 0.15) is 47.6 Å². The molecule has 3 heterocycles. The summed E-state index contributed by atoms with van der Waals surface area (Å²) in [4.78, 5) is 22.9. The van der Waals surface area contributed by atoms with Crippen molar-refractivity contribution >= 4 is 28.7 Å². The van der Waals surface area contributed by atoms with E-state index in [2.05, 4.69) is 60.1 Å². The van der Waals surface area contributed by atoms with Crippen molar-refractivity contribution in [2.45, 2.75) is 52.5 Å². The maximum Gasteiger partial charge on any atom is 0.373 e. The third-order valence-corrected chi connectivity index (χ3v) is 8.39. The number of benzene rings is 3. The quantitative estimate of drug-likeness (QED) is 0.164. The van der Waals surface area contributed by atoms with Gasteiger partial charge in [-0.05, 0) is 79.8 Å². The van der Waals surface area contributed by atoms with Gasteiger partial charge in [-0.1, -0.05) is 41.9 Å². The van der Waals surface area contributed by atoms with E-state index in [0.29, 0.717) is 34.7 Å². The summed E-state index contributed by atoms with van der Waals surface area (Å²) in [7, 11) is 0. The highest BCUT2D eigenvalue weighted by molar-refractivity contribution is 6.32. The van der Waals surface area contributed by atoms with Crippen molar-refractivity contribution in [2.24, 2.45) is 0 Å². The number of likely N-dealkylation sites (tertiary alicyclic amines) is 1. The molecule has 0 amide bonds. The zero-order chi connectivity index (χ0) is 31.8. The Morgan fingerprint density at radius 3 is 2.62 bits per heavy atom. The van der Waals surface area contributed by atoms with Crippen molar-refractivity contribution in [3.8, 4) is 28.7 Å².